The topological polar surface area (TPSA) is 70.7 Å². The molecular formula is C15H29N3O3. The van der Waals surface area contributed by atoms with Crippen molar-refractivity contribution < 1.29 is 14.3 Å². The molecule has 0 radical (unpaired) electrons. The first kappa shape index (κ1) is 17.8. The number of hydrogen-bond donors (Lipinski definition) is 2. The minimum atomic E-state index is -0.477. The highest BCUT2D eigenvalue weighted by atomic mass is 16.6. The Balaban J connectivity index is 2.33. The Morgan fingerprint density at radius 1 is 1.24 bits per heavy atom. The molecule has 0 bridgehead atoms. The van der Waals surface area contributed by atoms with Crippen LogP contribution in [0.15, 0.2) is 0 Å². The van der Waals surface area contributed by atoms with Crippen LogP contribution < -0.4 is 10.6 Å². The maximum atomic E-state index is 11.7. The van der Waals surface area contributed by atoms with Crippen LogP contribution in [0.1, 0.15) is 40.0 Å². The molecule has 1 fully saturated rings. The molecule has 6 nitrogen and oxygen atoms in total. The molecule has 0 aliphatic heterocycles. The minimum Gasteiger partial charge on any atom is -0.444 e. The Morgan fingerprint density at radius 2 is 1.90 bits per heavy atom. The third-order valence-corrected chi connectivity index (χ3v) is 3.58. The van der Waals surface area contributed by atoms with Gasteiger partial charge in [-0.2, -0.15) is 0 Å². The van der Waals surface area contributed by atoms with E-state index in [9.17, 15) is 9.59 Å². The second-order valence-electron chi connectivity index (χ2n) is 6.85. The number of alkyl carbamates (subject to hydrolysis) is 1. The van der Waals surface area contributed by atoms with Crippen LogP contribution in [0.3, 0.4) is 0 Å². The van der Waals surface area contributed by atoms with Gasteiger partial charge in [0.2, 0.25) is 5.91 Å². The van der Waals surface area contributed by atoms with Gasteiger partial charge in [0.05, 0.1) is 6.54 Å². The number of ether oxygens (including phenoxy) is 1. The molecule has 1 rings (SSSR count). The predicted octanol–water partition coefficient (Wildman–Crippen LogP) is 1.36. The third kappa shape index (κ3) is 6.80. The van der Waals surface area contributed by atoms with Gasteiger partial charge in [0.1, 0.15) is 5.60 Å². The minimum absolute atomic E-state index is 0.0701. The van der Waals surface area contributed by atoms with Crippen molar-refractivity contribution in [1.82, 2.24) is 15.5 Å². The zero-order chi connectivity index (χ0) is 16.0. The van der Waals surface area contributed by atoms with Crippen LogP contribution in [0.25, 0.3) is 0 Å². The first-order valence-electron chi connectivity index (χ1n) is 7.59. The average molecular weight is 299 g/mol. The van der Waals surface area contributed by atoms with E-state index >= 15 is 0 Å². The van der Waals surface area contributed by atoms with E-state index in [0.717, 1.165) is 19.3 Å². The van der Waals surface area contributed by atoms with Gasteiger partial charge in [-0.1, -0.05) is 6.42 Å². The highest BCUT2D eigenvalue weighted by molar-refractivity contribution is 5.77. The Hall–Kier alpha value is -1.30. The third-order valence-electron chi connectivity index (χ3n) is 3.58. The van der Waals surface area contributed by atoms with E-state index in [1.807, 2.05) is 20.8 Å². The molecule has 0 aromatic heterocycles. The summed E-state index contributed by atoms with van der Waals surface area (Å²) >= 11 is 0. The fourth-order valence-electron chi connectivity index (χ4n) is 2.46. The Labute approximate surface area is 127 Å². The highest BCUT2D eigenvalue weighted by Crippen LogP contribution is 2.25. The molecule has 2 unspecified atom stereocenters. The Morgan fingerprint density at radius 3 is 2.48 bits per heavy atom. The molecule has 0 spiro atoms. The fraction of sp³-hybridized carbons (Fsp3) is 0.867. The van der Waals surface area contributed by atoms with Gasteiger partial charge in [-0.3, -0.25) is 4.79 Å². The van der Waals surface area contributed by atoms with Gasteiger partial charge in [-0.05, 0) is 39.5 Å². The first-order chi connectivity index (χ1) is 9.69. The highest BCUT2D eigenvalue weighted by Gasteiger charge is 2.28. The van der Waals surface area contributed by atoms with E-state index < -0.39 is 5.60 Å². The normalized spacial score (nSPS) is 22.0. The van der Waals surface area contributed by atoms with Crippen LogP contribution in [-0.4, -0.2) is 55.7 Å². The van der Waals surface area contributed by atoms with E-state index in [1.165, 1.54) is 0 Å². The molecule has 1 aliphatic rings. The van der Waals surface area contributed by atoms with Crippen molar-refractivity contribution in [3.63, 3.8) is 0 Å². The lowest BCUT2D eigenvalue weighted by molar-refractivity contribution is -0.127. The maximum absolute atomic E-state index is 11.7. The standard InChI is InChI=1S/C15H29N3O3/c1-15(2,3)21-14(20)17-9-11-7-6-8-12(11)16-10-13(19)18(4)5/h11-12,16H,6-10H2,1-5H3,(H,17,20). The molecule has 0 aromatic carbocycles. The molecule has 2 atom stereocenters. The number of nitrogens with one attached hydrogen (secondary N) is 2. The summed E-state index contributed by atoms with van der Waals surface area (Å²) < 4.78 is 5.23. The predicted molar refractivity (Wildman–Crippen MR) is 82.1 cm³/mol. The van der Waals surface area contributed by atoms with Crippen molar-refractivity contribution in [1.29, 1.82) is 0 Å². The van der Waals surface area contributed by atoms with E-state index in [4.69, 9.17) is 4.74 Å². The van der Waals surface area contributed by atoms with Crippen molar-refractivity contribution in [3.05, 3.63) is 0 Å². The SMILES string of the molecule is CN(C)C(=O)CNC1CCCC1CNC(=O)OC(C)(C)C. The summed E-state index contributed by atoms with van der Waals surface area (Å²) in [7, 11) is 3.50. The summed E-state index contributed by atoms with van der Waals surface area (Å²) in [5.74, 6) is 0.424. The second kappa shape index (κ2) is 7.64. The van der Waals surface area contributed by atoms with Crippen molar-refractivity contribution in [2.75, 3.05) is 27.2 Å². The summed E-state index contributed by atoms with van der Waals surface area (Å²) in [6.45, 7) is 6.47. The lowest BCUT2D eigenvalue weighted by Crippen LogP contribution is -2.44. The van der Waals surface area contributed by atoms with Gasteiger partial charge < -0.3 is 20.3 Å². The molecule has 21 heavy (non-hydrogen) atoms. The molecule has 122 valence electrons. The number of amides is 2. The molecule has 6 heteroatoms. The maximum Gasteiger partial charge on any atom is 0.407 e. The van der Waals surface area contributed by atoms with Crippen LogP contribution >= 0.6 is 0 Å². The van der Waals surface area contributed by atoms with Gasteiger partial charge >= 0.3 is 6.09 Å². The van der Waals surface area contributed by atoms with Crippen molar-refractivity contribution in [2.45, 2.75) is 51.7 Å². The number of likely N-dealkylation sites (N-methyl/N-ethyl adjacent to an activating group) is 1. The van der Waals surface area contributed by atoms with Crippen LogP contribution in [0.5, 0.6) is 0 Å². The van der Waals surface area contributed by atoms with Gasteiger partial charge in [-0.25, -0.2) is 4.79 Å². The number of nitrogens with zero attached hydrogens (tertiary/aromatic N) is 1. The molecule has 1 saturated carbocycles. The van der Waals surface area contributed by atoms with Gasteiger partial charge in [0, 0.05) is 26.7 Å². The fourth-order valence-corrected chi connectivity index (χ4v) is 2.46. The van der Waals surface area contributed by atoms with E-state index in [-0.39, 0.29) is 18.0 Å². The van der Waals surface area contributed by atoms with Gasteiger partial charge in [0.15, 0.2) is 0 Å². The molecular weight excluding hydrogens is 270 g/mol. The van der Waals surface area contributed by atoms with E-state index in [0.29, 0.717) is 19.0 Å². The summed E-state index contributed by atoms with van der Waals surface area (Å²) in [6.07, 6.45) is 2.84. The molecule has 2 N–H and O–H groups in total. The van der Waals surface area contributed by atoms with Crippen LogP contribution in [0.4, 0.5) is 4.79 Å². The van der Waals surface area contributed by atoms with E-state index in [1.54, 1.807) is 19.0 Å². The molecule has 0 heterocycles. The largest absolute Gasteiger partial charge is 0.444 e. The monoisotopic (exact) mass is 299 g/mol. The molecule has 0 aromatic rings. The Bertz CT molecular complexity index is 364. The van der Waals surface area contributed by atoms with Crippen LogP contribution in [0, 0.1) is 5.92 Å². The quantitative estimate of drug-likeness (QED) is 0.804. The number of carbonyl (C=O) groups is 2. The van der Waals surface area contributed by atoms with Crippen molar-refractivity contribution in [3.8, 4) is 0 Å². The molecule has 2 amide bonds. The first-order valence-corrected chi connectivity index (χ1v) is 7.59. The lowest BCUT2D eigenvalue weighted by Gasteiger charge is -2.24. The number of hydrogen-bond acceptors (Lipinski definition) is 4. The molecule has 1 aliphatic carbocycles. The number of rotatable bonds is 5. The lowest BCUT2D eigenvalue weighted by atomic mass is 10.0. The molecule has 0 saturated heterocycles. The van der Waals surface area contributed by atoms with Crippen LogP contribution in [-0.2, 0) is 9.53 Å². The average Bonchev–Trinajstić information content (AvgIpc) is 2.78. The summed E-state index contributed by atoms with van der Waals surface area (Å²) in [5, 5.41) is 6.13. The zero-order valence-corrected chi connectivity index (χ0v) is 13.9. The smallest absolute Gasteiger partial charge is 0.407 e. The van der Waals surface area contributed by atoms with Gasteiger partial charge in [0.25, 0.3) is 0 Å². The summed E-state index contributed by atoms with van der Waals surface area (Å²) in [5.41, 5.74) is -0.477. The Kier molecular flexibility index (Phi) is 6.45. The zero-order valence-electron chi connectivity index (χ0n) is 13.9. The second-order valence-corrected chi connectivity index (χ2v) is 6.85. The van der Waals surface area contributed by atoms with Crippen molar-refractivity contribution >= 4 is 12.0 Å². The van der Waals surface area contributed by atoms with Crippen molar-refractivity contribution in [2.24, 2.45) is 5.92 Å². The number of carbonyl (C=O) groups excluding carboxylic acids is 2. The van der Waals surface area contributed by atoms with Crippen LogP contribution in [0.2, 0.25) is 0 Å². The summed E-state index contributed by atoms with van der Waals surface area (Å²) in [6, 6.07) is 0.281. The summed E-state index contributed by atoms with van der Waals surface area (Å²) in [4.78, 5) is 24.8. The van der Waals surface area contributed by atoms with E-state index in [2.05, 4.69) is 10.6 Å². The van der Waals surface area contributed by atoms with Gasteiger partial charge in [-0.15, -0.1) is 0 Å².